The third kappa shape index (κ3) is 5.54. The molecule has 0 bridgehead atoms. The van der Waals surface area contributed by atoms with Crippen molar-refractivity contribution in [3.05, 3.63) is 83.2 Å². The zero-order chi connectivity index (χ0) is 25.0. The van der Waals surface area contributed by atoms with Gasteiger partial charge >= 0.3 is 5.97 Å². The number of nitrogens with zero attached hydrogens (tertiary/aromatic N) is 2. The normalized spacial score (nSPS) is 11.3. The van der Waals surface area contributed by atoms with E-state index in [-0.39, 0.29) is 32.9 Å². The fourth-order valence-electron chi connectivity index (χ4n) is 3.13. The van der Waals surface area contributed by atoms with Crippen molar-refractivity contribution in [1.29, 1.82) is 5.26 Å². The summed E-state index contributed by atoms with van der Waals surface area (Å²) in [4.78, 5) is 10.7. The van der Waals surface area contributed by atoms with E-state index in [4.69, 9.17) is 15.1 Å². The van der Waals surface area contributed by atoms with Gasteiger partial charge in [0.05, 0.1) is 16.5 Å². The summed E-state index contributed by atoms with van der Waals surface area (Å²) in [5.41, 5.74) is -0.0156. The van der Waals surface area contributed by atoms with Gasteiger partial charge in [0.25, 0.3) is 0 Å². The zero-order valence-corrected chi connectivity index (χ0v) is 18.4. The molecule has 0 aliphatic heterocycles. The van der Waals surface area contributed by atoms with Crippen LogP contribution in [0.1, 0.15) is 11.1 Å². The van der Waals surface area contributed by atoms with Crippen LogP contribution in [-0.2, 0) is 21.4 Å². The predicted molar refractivity (Wildman–Crippen MR) is 115 cm³/mol. The van der Waals surface area contributed by atoms with Gasteiger partial charge in [-0.05, 0) is 54.1 Å². The van der Waals surface area contributed by atoms with Gasteiger partial charge in [-0.1, -0.05) is 0 Å². The first-order chi connectivity index (χ1) is 16.0. The number of ether oxygens (including phenoxy) is 1. The zero-order valence-electron chi connectivity index (χ0n) is 17.6. The molecule has 11 heteroatoms. The van der Waals surface area contributed by atoms with E-state index in [1.165, 1.54) is 19.2 Å². The maximum atomic E-state index is 14.9. The summed E-state index contributed by atoms with van der Waals surface area (Å²) < 4.78 is 73.6. The van der Waals surface area contributed by atoms with Crippen molar-refractivity contribution in [2.75, 3.05) is 13.7 Å². The lowest BCUT2D eigenvalue weighted by Gasteiger charge is -2.19. The smallest absolute Gasteiger partial charge is 0.341 e. The van der Waals surface area contributed by atoms with E-state index < -0.39 is 46.6 Å². The molecule has 176 valence electrons. The largest absolute Gasteiger partial charge is 0.481 e. The molecule has 0 aromatic heterocycles. The van der Waals surface area contributed by atoms with Crippen molar-refractivity contribution in [2.45, 2.75) is 11.4 Å². The first-order valence-corrected chi connectivity index (χ1v) is 11.0. The Morgan fingerprint density at radius 1 is 1.06 bits per heavy atom. The van der Waals surface area contributed by atoms with Gasteiger partial charge in [0.2, 0.25) is 10.0 Å². The van der Waals surface area contributed by atoms with Crippen LogP contribution in [0.3, 0.4) is 0 Å². The molecule has 0 spiro atoms. The molecule has 34 heavy (non-hydrogen) atoms. The van der Waals surface area contributed by atoms with Gasteiger partial charge in [0, 0.05) is 30.8 Å². The van der Waals surface area contributed by atoms with Gasteiger partial charge < -0.3 is 9.84 Å². The molecule has 0 unspecified atom stereocenters. The second-order valence-electron chi connectivity index (χ2n) is 7.18. The number of halogens is 3. The lowest BCUT2D eigenvalue weighted by atomic mass is 9.99. The predicted octanol–water partition coefficient (Wildman–Crippen LogP) is 3.93. The highest BCUT2D eigenvalue weighted by molar-refractivity contribution is 7.89. The summed E-state index contributed by atoms with van der Waals surface area (Å²) in [6.07, 6.45) is 0. The highest BCUT2D eigenvalue weighted by Gasteiger charge is 2.23. The Morgan fingerprint density at radius 2 is 1.74 bits per heavy atom. The average Bonchev–Trinajstić information content (AvgIpc) is 2.78. The van der Waals surface area contributed by atoms with E-state index in [9.17, 15) is 26.4 Å². The number of hydrogen-bond donors (Lipinski definition) is 1. The van der Waals surface area contributed by atoms with Crippen LogP contribution >= 0.6 is 0 Å². The highest BCUT2D eigenvalue weighted by Crippen LogP contribution is 2.34. The average molecular weight is 490 g/mol. The first kappa shape index (κ1) is 24.8. The molecular formula is C23H17F3N2O5S. The Morgan fingerprint density at radius 3 is 2.35 bits per heavy atom. The van der Waals surface area contributed by atoms with Gasteiger partial charge in [-0.15, -0.1) is 0 Å². The number of sulfonamides is 1. The highest BCUT2D eigenvalue weighted by atomic mass is 32.2. The Bertz CT molecular complexity index is 1390. The number of nitriles is 1. The third-order valence-electron chi connectivity index (χ3n) is 4.75. The number of benzene rings is 3. The number of rotatable bonds is 8. The van der Waals surface area contributed by atoms with Gasteiger partial charge in [0.1, 0.15) is 23.2 Å². The molecule has 3 aromatic rings. The van der Waals surface area contributed by atoms with E-state index in [1.807, 2.05) is 0 Å². The van der Waals surface area contributed by atoms with Gasteiger partial charge in [0.15, 0.2) is 6.61 Å². The van der Waals surface area contributed by atoms with Crippen LogP contribution in [0.5, 0.6) is 5.75 Å². The summed E-state index contributed by atoms with van der Waals surface area (Å²) in [5.74, 6) is -3.86. The van der Waals surface area contributed by atoms with Crippen molar-refractivity contribution >= 4 is 16.0 Å². The molecule has 0 saturated heterocycles. The molecule has 0 radical (unpaired) electrons. The van der Waals surface area contributed by atoms with Crippen LogP contribution in [0.15, 0.2) is 59.5 Å². The quantitative estimate of drug-likeness (QED) is 0.513. The topological polar surface area (TPSA) is 108 Å². The Balaban J connectivity index is 2.05. The molecule has 0 aliphatic rings. The molecular weight excluding hydrogens is 473 g/mol. The molecule has 7 nitrogen and oxygen atoms in total. The number of aliphatic carboxylic acids is 1. The SMILES string of the molecule is CN(Cc1cc(-c2cc(F)cc(C#N)c2)c(OCC(=O)O)cc1F)S(=O)(=O)c1ccc(F)cc1. The van der Waals surface area contributed by atoms with Crippen LogP contribution in [0, 0.1) is 28.8 Å². The van der Waals surface area contributed by atoms with Crippen LogP contribution in [0.25, 0.3) is 11.1 Å². The van der Waals surface area contributed by atoms with E-state index in [2.05, 4.69) is 0 Å². The van der Waals surface area contributed by atoms with Gasteiger partial charge in [-0.2, -0.15) is 9.57 Å². The summed E-state index contributed by atoms with van der Waals surface area (Å²) in [7, 11) is -2.91. The second-order valence-corrected chi connectivity index (χ2v) is 9.22. The summed E-state index contributed by atoms with van der Waals surface area (Å²) in [6.45, 7) is -1.27. The van der Waals surface area contributed by atoms with E-state index >= 15 is 0 Å². The number of carboxylic acids is 1. The van der Waals surface area contributed by atoms with Crippen LogP contribution in [0.4, 0.5) is 13.2 Å². The molecule has 0 fully saturated rings. The van der Waals surface area contributed by atoms with Gasteiger partial charge in [-0.25, -0.2) is 26.4 Å². The third-order valence-corrected chi connectivity index (χ3v) is 6.57. The van der Waals surface area contributed by atoms with E-state index in [1.54, 1.807) is 6.07 Å². The van der Waals surface area contributed by atoms with Crippen molar-refractivity contribution in [1.82, 2.24) is 4.31 Å². The van der Waals surface area contributed by atoms with Gasteiger partial charge in [-0.3, -0.25) is 0 Å². The van der Waals surface area contributed by atoms with Crippen molar-refractivity contribution in [2.24, 2.45) is 0 Å². The van der Waals surface area contributed by atoms with Crippen molar-refractivity contribution in [3.63, 3.8) is 0 Å². The standard InChI is InChI=1S/C23H17F3N2O5S/c1-28(34(31,32)19-4-2-17(24)3-5-19)12-16-9-20(15-6-14(11-27)7-18(25)8-15)22(10-21(16)26)33-13-23(29)30/h2-10H,12-13H2,1H3,(H,29,30). The first-order valence-electron chi connectivity index (χ1n) is 9.61. The fraction of sp³-hybridized carbons (Fsp3) is 0.130. The molecule has 0 amide bonds. The number of hydrogen-bond acceptors (Lipinski definition) is 5. The van der Waals surface area contributed by atoms with Crippen LogP contribution in [0.2, 0.25) is 0 Å². The summed E-state index contributed by atoms with van der Waals surface area (Å²) in [6, 6.07) is 11.3. The maximum Gasteiger partial charge on any atom is 0.341 e. The minimum atomic E-state index is -4.11. The second kappa shape index (κ2) is 9.94. The lowest BCUT2D eigenvalue weighted by Crippen LogP contribution is -2.27. The number of carboxylic acid groups (broad SMARTS) is 1. The molecule has 0 atom stereocenters. The minimum Gasteiger partial charge on any atom is -0.481 e. The Kier molecular flexibility index (Phi) is 7.24. The van der Waals surface area contributed by atoms with E-state index in [0.717, 1.165) is 46.8 Å². The van der Waals surface area contributed by atoms with Crippen molar-refractivity contribution in [3.8, 4) is 22.9 Å². The van der Waals surface area contributed by atoms with Crippen LogP contribution in [-0.4, -0.2) is 37.5 Å². The maximum absolute atomic E-state index is 14.9. The Hall–Kier alpha value is -3.88. The Labute approximate surface area is 193 Å². The molecule has 3 rings (SSSR count). The monoisotopic (exact) mass is 490 g/mol. The van der Waals surface area contributed by atoms with Crippen LogP contribution < -0.4 is 4.74 Å². The minimum absolute atomic E-state index is 0.0407. The fourth-order valence-corrected chi connectivity index (χ4v) is 4.28. The van der Waals surface area contributed by atoms with E-state index in [0.29, 0.717) is 0 Å². The van der Waals surface area contributed by atoms with Crippen molar-refractivity contribution < 1.29 is 36.2 Å². The molecule has 0 saturated carbocycles. The molecule has 3 aromatic carbocycles. The molecule has 1 N–H and O–H groups in total. The molecule has 0 heterocycles. The summed E-state index contributed by atoms with van der Waals surface area (Å²) >= 11 is 0. The molecule has 0 aliphatic carbocycles. The number of carbonyl (C=O) groups is 1. The lowest BCUT2D eigenvalue weighted by molar-refractivity contribution is -0.139. The summed E-state index contributed by atoms with van der Waals surface area (Å²) in [5, 5.41) is 18.0.